The molecule has 0 saturated carbocycles. The number of aromatic nitrogens is 2. The van der Waals surface area contributed by atoms with Gasteiger partial charge in [0, 0.05) is 18.4 Å². The molecule has 0 aliphatic rings. The molecule has 0 radical (unpaired) electrons. The number of rotatable bonds is 6. The summed E-state index contributed by atoms with van der Waals surface area (Å²) in [5.41, 5.74) is 3.44. The number of nitrogens with zero attached hydrogens (tertiary/aromatic N) is 2. The summed E-state index contributed by atoms with van der Waals surface area (Å²) >= 11 is 0. The van der Waals surface area contributed by atoms with Crippen LogP contribution in [0.4, 0.5) is 5.69 Å². The van der Waals surface area contributed by atoms with E-state index in [2.05, 4.69) is 22.4 Å². The maximum atomic E-state index is 12.1. The molecule has 3 aromatic rings. The maximum Gasteiger partial charge on any atom is 0.227 e. The quantitative estimate of drug-likeness (QED) is 0.658. The van der Waals surface area contributed by atoms with Crippen molar-refractivity contribution < 1.29 is 14.4 Å². The smallest absolute Gasteiger partial charge is 0.227 e. The van der Waals surface area contributed by atoms with Crippen molar-refractivity contribution in [1.29, 1.82) is 0 Å². The summed E-state index contributed by atoms with van der Waals surface area (Å²) in [6.45, 7) is 3.97. The summed E-state index contributed by atoms with van der Waals surface area (Å²) in [6, 6.07) is 13.1. The van der Waals surface area contributed by atoms with Gasteiger partial charge in [0.25, 0.3) is 0 Å². The lowest BCUT2D eigenvalue weighted by molar-refractivity contribution is -0.116. The van der Waals surface area contributed by atoms with E-state index in [9.17, 15) is 9.90 Å². The minimum atomic E-state index is -0.226. The molecule has 0 aliphatic carbocycles. The van der Waals surface area contributed by atoms with Gasteiger partial charge in [0.15, 0.2) is 0 Å². The first-order chi connectivity index (χ1) is 12.5. The second kappa shape index (κ2) is 7.82. The summed E-state index contributed by atoms with van der Waals surface area (Å²) in [4.78, 5) is 16.4. The van der Waals surface area contributed by atoms with Gasteiger partial charge in [0.2, 0.25) is 17.6 Å². The van der Waals surface area contributed by atoms with E-state index in [0.717, 1.165) is 17.5 Å². The fourth-order valence-electron chi connectivity index (χ4n) is 2.54. The van der Waals surface area contributed by atoms with E-state index >= 15 is 0 Å². The molecule has 1 heterocycles. The van der Waals surface area contributed by atoms with Gasteiger partial charge >= 0.3 is 0 Å². The number of carbonyl (C=O) groups is 1. The number of phenols is 1. The SMILES string of the molecule is CCc1ccc(-c2noc(CCC(=O)Nc3ccc(C)cc3O)n2)cc1. The molecule has 0 unspecified atom stereocenters. The average molecular weight is 351 g/mol. The number of nitrogens with one attached hydrogen (secondary N) is 1. The molecule has 0 fully saturated rings. The Kier molecular flexibility index (Phi) is 5.31. The highest BCUT2D eigenvalue weighted by molar-refractivity contribution is 5.92. The van der Waals surface area contributed by atoms with E-state index < -0.39 is 0 Å². The third-order valence-corrected chi connectivity index (χ3v) is 4.08. The summed E-state index contributed by atoms with van der Waals surface area (Å²) in [6.07, 6.45) is 1.49. The van der Waals surface area contributed by atoms with Gasteiger partial charge < -0.3 is 14.9 Å². The first kappa shape index (κ1) is 17.7. The molecule has 6 nitrogen and oxygen atoms in total. The predicted molar refractivity (Wildman–Crippen MR) is 98.9 cm³/mol. The van der Waals surface area contributed by atoms with Crippen LogP contribution in [-0.2, 0) is 17.6 Å². The monoisotopic (exact) mass is 351 g/mol. The zero-order valence-electron chi connectivity index (χ0n) is 14.8. The van der Waals surface area contributed by atoms with Crippen LogP contribution in [0.5, 0.6) is 5.75 Å². The van der Waals surface area contributed by atoms with Crippen molar-refractivity contribution in [2.45, 2.75) is 33.1 Å². The molecular formula is C20H21N3O3. The summed E-state index contributed by atoms with van der Waals surface area (Å²) in [5, 5.41) is 16.5. The Morgan fingerprint density at radius 3 is 2.65 bits per heavy atom. The molecule has 6 heteroatoms. The highest BCUT2D eigenvalue weighted by atomic mass is 16.5. The number of anilines is 1. The van der Waals surface area contributed by atoms with E-state index in [0.29, 0.717) is 23.8 Å². The Morgan fingerprint density at radius 2 is 1.96 bits per heavy atom. The molecule has 2 N–H and O–H groups in total. The fraction of sp³-hybridized carbons (Fsp3) is 0.250. The van der Waals surface area contributed by atoms with Gasteiger partial charge in [0.1, 0.15) is 5.75 Å². The third-order valence-electron chi connectivity index (χ3n) is 4.08. The van der Waals surface area contributed by atoms with Crippen molar-refractivity contribution >= 4 is 11.6 Å². The first-order valence-electron chi connectivity index (χ1n) is 8.56. The average Bonchev–Trinajstić information content (AvgIpc) is 3.11. The van der Waals surface area contributed by atoms with Crippen molar-refractivity contribution in [2.24, 2.45) is 0 Å². The topological polar surface area (TPSA) is 88.2 Å². The van der Waals surface area contributed by atoms with Crippen molar-refractivity contribution in [2.75, 3.05) is 5.32 Å². The van der Waals surface area contributed by atoms with Gasteiger partial charge in [-0.15, -0.1) is 0 Å². The molecule has 0 saturated heterocycles. The van der Waals surface area contributed by atoms with Gasteiger partial charge in [0.05, 0.1) is 5.69 Å². The zero-order chi connectivity index (χ0) is 18.5. The molecule has 2 aromatic carbocycles. The van der Waals surface area contributed by atoms with Crippen LogP contribution in [0.3, 0.4) is 0 Å². The number of carbonyl (C=O) groups excluding carboxylic acids is 1. The molecule has 0 spiro atoms. The number of benzene rings is 2. The largest absolute Gasteiger partial charge is 0.506 e. The van der Waals surface area contributed by atoms with Crippen LogP contribution >= 0.6 is 0 Å². The van der Waals surface area contributed by atoms with E-state index in [4.69, 9.17) is 4.52 Å². The number of phenolic OH excluding ortho intramolecular Hbond substituents is 1. The molecular weight excluding hydrogens is 330 g/mol. The first-order valence-corrected chi connectivity index (χ1v) is 8.56. The van der Waals surface area contributed by atoms with Crippen LogP contribution in [0, 0.1) is 6.92 Å². The van der Waals surface area contributed by atoms with Crippen LogP contribution in [0.1, 0.15) is 30.4 Å². The van der Waals surface area contributed by atoms with Crippen LogP contribution in [0.15, 0.2) is 47.0 Å². The Hall–Kier alpha value is -3.15. The molecule has 1 aromatic heterocycles. The minimum Gasteiger partial charge on any atom is -0.506 e. The lowest BCUT2D eigenvalue weighted by Crippen LogP contribution is -2.12. The van der Waals surface area contributed by atoms with E-state index in [1.807, 2.05) is 37.3 Å². The Balaban J connectivity index is 1.58. The summed E-state index contributed by atoms with van der Waals surface area (Å²) in [5.74, 6) is 0.743. The fourth-order valence-corrected chi connectivity index (χ4v) is 2.54. The third kappa shape index (κ3) is 4.27. The Bertz CT molecular complexity index is 901. The molecule has 134 valence electrons. The molecule has 1 amide bonds. The van der Waals surface area contributed by atoms with Crippen LogP contribution < -0.4 is 5.32 Å². The van der Waals surface area contributed by atoms with Gasteiger partial charge in [-0.3, -0.25) is 4.79 Å². The van der Waals surface area contributed by atoms with E-state index in [-0.39, 0.29) is 18.1 Å². The standard InChI is InChI=1S/C20H21N3O3/c1-3-14-5-7-15(8-6-14)20-22-19(26-23-20)11-10-18(25)21-16-9-4-13(2)12-17(16)24/h4-9,12,24H,3,10-11H2,1-2H3,(H,21,25). The molecule has 26 heavy (non-hydrogen) atoms. The van der Waals surface area contributed by atoms with Gasteiger partial charge in [-0.05, 0) is 36.6 Å². The van der Waals surface area contributed by atoms with Crippen molar-refractivity contribution in [3.05, 3.63) is 59.5 Å². The highest BCUT2D eigenvalue weighted by Gasteiger charge is 2.12. The molecule has 0 atom stereocenters. The Morgan fingerprint density at radius 1 is 1.19 bits per heavy atom. The van der Waals surface area contributed by atoms with Crippen molar-refractivity contribution in [3.63, 3.8) is 0 Å². The van der Waals surface area contributed by atoms with Crippen molar-refractivity contribution in [1.82, 2.24) is 10.1 Å². The normalized spacial score (nSPS) is 10.7. The van der Waals surface area contributed by atoms with Gasteiger partial charge in [-0.25, -0.2) is 0 Å². The second-order valence-corrected chi connectivity index (χ2v) is 6.13. The minimum absolute atomic E-state index is 0.0500. The zero-order valence-corrected chi connectivity index (χ0v) is 14.8. The number of hydrogen-bond acceptors (Lipinski definition) is 5. The summed E-state index contributed by atoms with van der Waals surface area (Å²) < 4.78 is 5.23. The number of aromatic hydroxyl groups is 1. The number of amides is 1. The lowest BCUT2D eigenvalue weighted by Gasteiger charge is -2.07. The molecule has 0 bridgehead atoms. The van der Waals surface area contributed by atoms with E-state index in [1.54, 1.807) is 12.1 Å². The predicted octanol–water partition coefficient (Wildman–Crippen LogP) is 3.88. The summed E-state index contributed by atoms with van der Waals surface area (Å²) in [7, 11) is 0. The maximum absolute atomic E-state index is 12.1. The highest BCUT2D eigenvalue weighted by Crippen LogP contribution is 2.24. The second-order valence-electron chi connectivity index (χ2n) is 6.13. The Labute approximate surface area is 151 Å². The van der Waals surface area contributed by atoms with Gasteiger partial charge in [-0.2, -0.15) is 4.98 Å². The van der Waals surface area contributed by atoms with Crippen LogP contribution in [0.2, 0.25) is 0 Å². The molecule has 0 aliphatic heterocycles. The molecule has 3 rings (SSSR count). The van der Waals surface area contributed by atoms with Crippen LogP contribution in [-0.4, -0.2) is 21.2 Å². The number of aryl methyl sites for hydroxylation is 3. The van der Waals surface area contributed by atoms with Crippen LogP contribution in [0.25, 0.3) is 11.4 Å². The van der Waals surface area contributed by atoms with Gasteiger partial charge in [-0.1, -0.05) is 42.4 Å². The lowest BCUT2D eigenvalue weighted by atomic mass is 10.1. The number of hydrogen-bond donors (Lipinski definition) is 2. The van der Waals surface area contributed by atoms with E-state index in [1.165, 1.54) is 5.56 Å². The van der Waals surface area contributed by atoms with Crippen molar-refractivity contribution in [3.8, 4) is 17.1 Å².